The molecular formula is C22H25FN4O4. The van der Waals surface area contributed by atoms with Gasteiger partial charge in [0, 0.05) is 50.3 Å². The summed E-state index contributed by atoms with van der Waals surface area (Å²) in [5.41, 5.74) is 5.94. The summed E-state index contributed by atoms with van der Waals surface area (Å²) < 4.78 is 18.1. The minimum absolute atomic E-state index is 0.0279. The molecule has 1 aliphatic rings. The number of piperazine rings is 1. The second-order valence-corrected chi connectivity index (χ2v) is 7.08. The second-order valence-electron chi connectivity index (χ2n) is 7.08. The molecule has 0 bridgehead atoms. The lowest BCUT2D eigenvalue weighted by Crippen LogP contribution is -2.49. The number of carbonyl (C=O) groups is 3. The molecule has 0 radical (unpaired) electrons. The van der Waals surface area contributed by atoms with Crippen molar-refractivity contribution in [1.82, 2.24) is 15.8 Å². The van der Waals surface area contributed by atoms with Gasteiger partial charge in [0.05, 0.1) is 7.11 Å². The summed E-state index contributed by atoms with van der Waals surface area (Å²) in [5.74, 6) is -0.677. The molecule has 164 valence electrons. The Kier molecular flexibility index (Phi) is 7.42. The van der Waals surface area contributed by atoms with Crippen LogP contribution in [0.4, 0.5) is 10.1 Å². The number of hydrogen-bond acceptors (Lipinski definition) is 5. The van der Waals surface area contributed by atoms with Gasteiger partial charge in [0.15, 0.2) is 0 Å². The molecule has 2 aromatic rings. The number of hydrazine groups is 1. The lowest BCUT2D eigenvalue weighted by atomic mass is 10.2. The molecule has 3 amide bonds. The number of nitrogens with one attached hydrogen (secondary N) is 2. The zero-order chi connectivity index (χ0) is 22.2. The minimum atomic E-state index is -0.459. The quantitative estimate of drug-likeness (QED) is 0.684. The first kappa shape index (κ1) is 22.1. The number of halogens is 1. The summed E-state index contributed by atoms with van der Waals surface area (Å²) in [7, 11) is 1.53. The van der Waals surface area contributed by atoms with E-state index in [1.807, 2.05) is 0 Å². The fourth-order valence-corrected chi connectivity index (χ4v) is 3.25. The Morgan fingerprint density at radius 3 is 2.16 bits per heavy atom. The predicted molar refractivity (Wildman–Crippen MR) is 113 cm³/mol. The van der Waals surface area contributed by atoms with E-state index in [1.54, 1.807) is 41.3 Å². The molecule has 8 nitrogen and oxygen atoms in total. The number of amides is 3. The zero-order valence-electron chi connectivity index (χ0n) is 17.3. The van der Waals surface area contributed by atoms with Crippen molar-refractivity contribution in [3.05, 3.63) is 59.9 Å². The third-order valence-electron chi connectivity index (χ3n) is 5.06. The van der Waals surface area contributed by atoms with Crippen molar-refractivity contribution in [2.24, 2.45) is 0 Å². The van der Waals surface area contributed by atoms with Gasteiger partial charge >= 0.3 is 0 Å². The summed E-state index contributed by atoms with van der Waals surface area (Å²) in [6.07, 6.45) is 0.0285. The van der Waals surface area contributed by atoms with Crippen LogP contribution in [0.1, 0.15) is 23.2 Å². The molecule has 1 saturated heterocycles. The van der Waals surface area contributed by atoms with Crippen LogP contribution in [0.2, 0.25) is 0 Å². The highest BCUT2D eigenvalue weighted by atomic mass is 19.1. The average Bonchev–Trinajstić information content (AvgIpc) is 2.81. The van der Waals surface area contributed by atoms with Crippen molar-refractivity contribution in [2.45, 2.75) is 12.8 Å². The molecule has 9 heteroatoms. The highest BCUT2D eigenvalue weighted by molar-refractivity contribution is 5.95. The van der Waals surface area contributed by atoms with E-state index in [2.05, 4.69) is 15.8 Å². The number of benzene rings is 2. The third kappa shape index (κ3) is 6.18. The third-order valence-corrected chi connectivity index (χ3v) is 5.06. The zero-order valence-corrected chi connectivity index (χ0v) is 17.3. The fourth-order valence-electron chi connectivity index (χ4n) is 3.25. The van der Waals surface area contributed by atoms with Crippen LogP contribution in [0.5, 0.6) is 5.75 Å². The fraction of sp³-hybridized carbons (Fsp3) is 0.318. The number of ether oxygens (including phenoxy) is 1. The van der Waals surface area contributed by atoms with Gasteiger partial charge in [-0.2, -0.15) is 0 Å². The van der Waals surface area contributed by atoms with Gasteiger partial charge in [-0.15, -0.1) is 0 Å². The molecule has 31 heavy (non-hydrogen) atoms. The second kappa shape index (κ2) is 10.4. The van der Waals surface area contributed by atoms with E-state index in [0.29, 0.717) is 37.5 Å². The van der Waals surface area contributed by atoms with Crippen molar-refractivity contribution < 1.29 is 23.5 Å². The van der Waals surface area contributed by atoms with E-state index in [0.717, 1.165) is 5.69 Å². The normalized spacial score (nSPS) is 13.5. The largest absolute Gasteiger partial charge is 0.497 e. The molecule has 0 aromatic heterocycles. The maximum atomic E-state index is 13.1. The molecule has 0 atom stereocenters. The lowest BCUT2D eigenvalue weighted by Gasteiger charge is -2.36. The molecule has 3 rings (SSSR count). The van der Waals surface area contributed by atoms with E-state index >= 15 is 0 Å². The summed E-state index contributed by atoms with van der Waals surface area (Å²) in [6.45, 7) is 2.35. The first-order chi connectivity index (χ1) is 15.0. The summed E-state index contributed by atoms with van der Waals surface area (Å²) in [4.78, 5) is 40.2. The van der Waals surface area contributed by atoms with Crippen molar-refractivity contribution in [3.63, 3.8) is 0 Å². The Bertz CT molecular complexity index is 910. The molecule has 1 heterocycles. The number of nitrogens with zero attached hydrogens (tertiary/aromatic N) is 2. The minimum Gasteiger partial charge on any atom is -0.497 e. The van der Waals surface area contributed by atoms with Crippen LogP contribution < -0.4 is 20.5 Å². The maximum absolute atomic E-state index is 13.1. The summed E-state index contributed by atoms with van der Waals surface area (Å²) in [6, 6.07) is 12.7. The Morgan fingerprint density at radius 1 is 0.903 bits per heavy atom. The Balaban J connectivity index is 1.36. The summed E-state index contributed by atoms with van der Waals surface area (Å²) in [5, 5.41) is 0. The van der Waals surface area contributed by atoms with Crippen LogP contribution in [-0.4, -0.2) is 55.9 Å². The van der Waals surface area contributed by atoms with Gasteiger partial charge in [-0.25, -0.2) is 4.39 Å². The topological polar surface area (TPSA) is 91.0 Å². The highest BCUT2D eigenvalue weighted by Crippen LogP contribution is 2.17. The highest BCUT2D eigenvalue weighted by Gasteiger charge is 2.21. The van der Waals surface area contributed by atoms with Gasteiger partial charge in [0.25, 0.3) is 5.91 Å². The first-order valence-corrected chi connectivity index (χ1v) is 9.98. The van der Waals surface area contributed by atoms with Gasteiger partial charge in [-0.1, -0.05) is 0 Å². The van der Waals surface area contributed by atoms with E-state index < -0.39 is 11.8 Å². The number of anilines is 1. The Hall–Kier alpha value is -3.62. The molecule has 0 aliphatic carbocycles. The van der Waals surface area contributed by atoms with E-state index in [1.165, 1.54) is 19.2 Å². The Labute approximate surface area is 179 Å². The predicted octanol–water partition coefficient (Wildman–Crippen LogP) is 1.72. The van der Waals surface area contributed by atoms with Crippen molar-refractivity contribution in [3.8, 4) is 5.75 Å². The van der Waals surface area contributed by atoms with Crippen LogP contribution >= 0.6 is 0 Å². The number of methoxy groups -OCH3 is 1. The SMILES string of the molecule is COc1ccc(C(=O)NNC(=O)CCC(=O)N2CCN(c3ccc(F)cc3)CC2)cc1. The molecule has 2 N–H and O–H groups in total. The summed E-state index contributed by atoms with van der Waals surface area (Å²) >= 11 is 0. The van der Waals surface area contributed by atoms with Crippen LogP contribution in [0.3, 0.4) is 0 Å². The average molecular weight is 428 g/mol. The molecule has 1 fully saturated rings. The molecule has 0 spiro atoms. The van der Waals surface area contributed by atoms with Crippen molar-refractivity contribution in [1.29, 1.82) is 0 Å². The molecule has 0 saturated carbocycles. The number of rotatable bonds is 6. The van der Waals surface area contributed by atoms with Crippen LogP contribution in [-0.2, 0) is 9.59 Å². The van der Waals surface area contributed by atoms with Gasteiger partial charge in [0.2, 0.25) is 11.8 Å². The van der Waals surface area contributed by atoms with Crippen LogP contribution in [0.15, 0.2) is 48.5 Å². The first-order valence-electron chi connectivity index (χ1n) is 9.98. The van der Waals surface area contributed by atoms with E-state index in [4.69, 9.17) is 4.74 Å². The lowest BCUT2D eigenvalue weighted by molar-refractivity contribution is -0.134. The van der Waals surface area contributed by atoms with Crippen molar-refractivity contribution in [2.75, 3.05) is 38.2 Å². The molecular weight excluding hydrogens is 403 g/mol. The van der Waals surface area contributed by atoms with Gasteiger partial charge in [-0.05, 0) is 48.5 Å². The van der Waals surface area contributed by atoms with Gasteiger partial charge in [-0.3, -0.25) is 25.2 Å². The van der Waals surface area contributed by atoms with E-state index in [-0.39, 0.29) is 24.6 Å². The molecule has 1 aliphatic heterocycles. The van der Waals surface area contributed by atoms with Crippen molar-refractivity contribution >= 4 is 23.4 Å². The molecule has 0 unspecified atom stereocenters. The molecule has 2 aromatic carbocycles. The number of hydrogen-bond donors (Lipinski definition) is 2. The maximum Gasteiger partial charge on any atom is 0.269 e. The monoisotopic (exact) mass is 428 g/mol. The van der Waals surface area contributed by atoms with Crippen LogP contribution in [0.25, 0.3) is 0 Å². The Morgan fingerprint density at radius 2 is 1.55 bits per heavy atom. The van der Waals surface area contributed by atoms with Crippen LogP contribution in [0, 0.1) is 5.82 Å². The smallest absolute Gasteiger partial charge is 0.269 e. The number of carbonyl (C=O) groups excluding carboxylic acids is 3. The standard InChI is InChI=1S/C22H25FN4O4/c1-31-19-8-2-16(3-9-19)22(30)25-24-20(28)10-11-21(29)27-14-12-26(13-15-27)18-6-4-17(23)5-7-18/h2-9H,10-15H2,1H3,(H,24,28)(H,25,30). The van der Waals surface area contributed by atoms with Gasteiger partial charge in [0.1, 0.15) is 11.6 Å². The van der Waals surface area contributed by atoms with Gasteiger partial charge < -0.3 is 14.5 Å². The van der Waals surface area contributed by atoms with E-state index in [9.17, 15) is 18.8 Å².